The lowest BCUT2D eigenvalue weighted by Crippen LogP contribution is -2.13. The Hall–Kier alpha value is -1.64. The van der Waals surface area contributed by atoms with Crippen molar-refractivity contribution in [1.29, 1.82) is 0 Å². The van der Waals surface area contributed by atoms with Crippen LogP contribution >= 0.6 is 0 Å². The fraction of sp³-hybridized carbons (Fsp3) is 0.385. The maximum absolute atomic E-state index is 4.43. The first-order valence-corrected chi connectivity index (χ1v) is 5.74. The molecule has 0 amide bonds. The zero-order chi connectivity index (χ0) is 11.0. The van der Waals surface area contributed by atoms with Crippen molar-refractivity contribution < 1.29 is 0 Å². The molecule has 0 radical (unpaired) electrons. The maximum Gasteiger partial charge on any atom is 0.0524 e. The van der Waals surface area contributed by atoms with E-state index in [4.69, 9.17) is 0 Å². The van der Waals surface area contributed by atoms with E-state index in [0.717, 1.165) is 12.8 Å². The minimum atomic E-state index is 0.616. The standard InChI is InChI=1S/C13H15N3/c1-16-9-12(8-15-16)10-4-5-13-11(7-10)3-2-6-14-13/h2-3,6,8-10H,4-5,7H2,1H3. The van der Waals surface area contributed by atoms with E-state index >= 15 is 0 Å². The van der Waals surface area contributed by atoms with Gasteiger partial charge in [-0.2, -0.15) is 5.10 Å². The molecule has 0 aromatic carbocycles. The minimum Gasteiger partial charge on any atom is -0.276 e. The van der Waals surface area contributed by atoms with Crippen molar-refractivity contribution in [3.05, 3.63) is 47.5 Å². The number of hydrogen-bond donors (Lipinski definition) is 0. The number of aryl methyl sites for hydroxylation is 2. The van der Waals surface area contributed by atoms with Crippen LogP contribution in [0.4, 0.5) is 0 Å². The van der Waals surface area contributed by atoms with Crippen molar-refractivity contribution >= 4 is 0 Å². The van der Waals surface area contributed by atoms with Gasteiger partial charge in [0.15, 0.2) is 0 Å². The molecule has 1 atom stereocenters. The molecule has 3 rings (SSSR count). The van der Waals surface area contributed by atoms with E-state index in [-0.39, 0.29) is 0 Å². The highest BCUT2D eigenvalue weighted by Crippen LogP contribution is 2.31. The minimum absolute atomic E-state index is 0.616. The Morgan fingerprint density at radius 1 is 1.44 bits per heavy atom. The van der Waals surface area contributed by atoms with Gasteiger partial charge in [0.25, 0.3) is 0 Å². The summed E-state index contributed by atoms with van der Waals surface area (Å²) >= 11 is 0. The summed E-state index contributed by atoms with van der Waals surface area (Å²) < 4.78 is 1.88. The summed E-state index contributed by atoms with van der Waals surface area (Å²) in [5.74, 6) is 0.616. The van der Waals surface area contributed by atoms with Gasteiger partial charge in [-0.15, -0.1) is 0 Å². The summed E-state index contributed by atoms with van der Waals surface area (Å²) in [6.45, 7) is 0. The molecule has 3 nitrogen and oxygen atoms in total. The van der Waals surface area contributed by atoms with Crippen molar-refractivity contribution in [1.82, 2.24) is 14.8 Å². The van der Waals surface area contributed by atoms with Crippen molar-refractivity contribution in [3.8, 4) is 0 Å². The molecule has 0 saturated carbocycles. The molecular weight excluding hydrogens is 198 g/mol. The Kier molecular flexibility index (Phi) is 2.24. The molecule has 16 heavy (non-hydrogen) atoms. The number of hydrogen-bond acceptors (Lipinski definition) is 2. The highest BCUT2D eigenvalue weighted by molar-refractivity contribution is 5.27. The number of fused-ring (bicyclic) bond motifs is 1. The SMILES string of the molecule is Cn1cc(C2CCc3ncccc3C2)cn1. The van der Waals surface area contributed by atoms with Crippen LogP contribution in [0.15, 0.2) is 30.7 Å². The Balaban J connectivity index is 1.88. The topological polar surface area (TPSA) is 30.7 Å². The lowest BCUT2D eigenvalue weighted by atomic mass is 9.83. The average Bonchev–Trinajstić information content (AvgIpc) is 2.75. The van der Waals surface area contributed by atoms with Gasteiger partial charge in [0.1, 0.15) is 0 Å². The third-order valence-electron chi connectivity index (χ3n) is 3.38. The quantitative estimate of drug-likeness (QED) is 0.726. The molecule has 3 heteroatoms. The lowest BCUT2D eigenvalue weighted by Gasteiger charge is -2.22. The van der Waals surface area contributed by atoms with Gasteiger partial charge in [0.2, 0.25) is 0 Å². The van der Waals surface area contributed by atoms with Crippen LogP contribution in [0.25, 0.3) is 0 Å². The second-order valence-electron chi connectivity index (χ2n) is 4.50. The molecule has 0 N–H and O–H groups in total. The van der Waals surface area contributed by atoms with E-state index < -0.39 is 0 Å². The second-order valence-corrected chi connectivity index (χ2v) is 4.50. The lowest BCUT2D eigenvalue weighted by molar-refractivity contribution is 0.573. The summed E-state index contributed by atoms with van der Waals surface area (Å²) in [5.41, 5.74) is 4.04. The summed E-state index contributed by atoms with van der Waals surface area (Å²) in [6.07, 6.45) is 9.40. The summed E-state index contributed by atoms with van der Waals surface area (Å²) in [4.78, 5) is 4.43. The smallest absolute Gasteiger partial charge is 0.0524 e. The maximum atomic E-state index is 4.43. The predicted molar refractivity (Wildman–Crippen MR) is 62.2 cm³/mol. The van der Waals surface area contributed by atoms with E-state index in [0.29, 0.717) is 5.92 Å². The van der Waals surface area contributed by atoms with Crippen LogP contribution in [0, 0.1) is 0 Å². The first-order valence-electron chi connectivity index (χ1n) is 5.74. The van der Waals surface area contributed by atoms with Gasteiger partial charge in [0.05, 0.1) is 6.20 Å². The van der Waals surface area contributed by atoms with Gasteiger partial charge < -0.3 is 0 Å². The molecule has 1 unspecified atom stereocenters. The van der Waals surface area contributed by atoms with Crippen LogP contribution in [0.1, 0.15) is 29.2 Å². The largest absolute Gasteiger partial charge is 0.276 e. The molecule has 1 aliphatic carbocycles. The van der Waals surface area contributed by atoms with E-state index in [1.807, 2.05) is 30.2 Å². The molecule has 0 saturated heterocycles. The zero-order valence-corrected chi connectivity index (χ0v) is 9.43. The van der Waals surface area contributed by atoms with Gasteiger partial charge in [-0.1, -0.05) is 6.07 Å². The first kappa shape index (κ1) is 9.58. The molecule has 0 fully saturated rings. The van der Waals surface area contributed by atoms with Crippen LogP contribution in [-0.4, -0.2) is 14.8 Å². The van der Waals surface area contributed by atoms with Gasteiger partial charge in [-0.3, -0.25) is 9.67 Å². The number of aromatic nitrogens is 3. The molecule has 1 aliphatic rings. The molecular formula is C13H15N3. The van der Waals surface area contributed by atoms with E-state index in [9.17, 15) is 0 Å². The predicted octanol–water partition coefficient (Wildman–Crippen LogP) is 2.09. The van der Waals surface area contributed by atoms with E-state index in [2.05, 4.69) is 22.3 Å². The normalized spacial score (nSPS) is 19.4. The van der Waals surface area contributed by atoms with Crippen LogP contribution in [0.3, 0.4) is 0 Å². The highest BCUT2D eigenvalue weighted by atomic mass is 15.2. The van der Waals surface area contributed by atoms with Gasteiger partial charge >= 0.3 is 0 Å². The molecule has 2 aromatic rings. The van der Waals surface area contributed by atoms with Crippen molar-refractivity contribution in [3.63, 3.8) is 0 Å². The second kappa shape index (κ2) is 3.74. The Labute approximate surface area is 95.1 Å². The number of rotatable bonds is 1. The number of pyridine rings is 1. The monoisotopic (exact) mass is 213 g/mol. The average molecular weight is 213 g/mol. The fourth-order valence-electron chi connectivity index (χ4n) is 2.50. The molecule has 2 aromatic heterocycles. The van der Waals surface area contributed by atoms with Crippen molar-refractivity contribution in [2.75, 3.05) is 0 Å². The molecule has 0 spiro atoms. The molecule has 2 heterocycles. The summed E-state index contributed by atoms with van der Waals surface area (Å²) in [5, 5.41) is 4.25. The van der Waals surface area contributed by atoms with Gasteiger partial charge in [0, 0.05) is 25.1 Å². The number of nitrogens with zero attached hydrogens (tertiary/aromatic N) is 3. The molecule has 0 aliphatic heterocycles. The Morgan fingerprint density at radius 3 is 3.19 bits per heavy atom. The van der Waals surface area contributed by atoms with E-state index in [1.54, 1.807) is 0 Å². The Morgan fingerprint density at radius 2 is 2.38 bits per heavy atom. The van der Waals surface area contributed by atoms with Crippen LogP contribution < -0.4 is 0 Å². The van der Waals surface area contributed by atoms with Crippen LogP contribution in [0.2, 0.25) is 0 Å². The summed E-state index contributed by atoms with van der Waals surface area (Å²) in [7, 11) is 1.97. The molecule has 82 valence electrons. The Bertz CT molecular complexity index is 501. The van der Waals surface area contributed by atoms with Crippen LogP contribution in [0.5, 0.6) is 0 Å². The third kappa shape index (κ3) is 1.62. The first-order chi connectivity index (χ1) is 7.83. The van der Waals surface area contributed by atoms with Crippen molar-refractivity contribution in [2.45, 2.75) is 25.2 Å². The van der Waals surface area contributed by atoms with Crippen LogP contribution in [-0.2, 0) is 19.9 Å². The van der Waals surface area contributed by atoms with Gasteiger partial charge in [-0.05, 0) is 42.4 Å². The highest BCUT2D eigenvalue weighted by Gasteiger charge is 2.21. The van der Waals surface area contributed by atoms with Crippen molar-refractivity contribution in [2.24, 2.45) is 7.05 Å². The molecule has 0 bridgehead atoms. The fourth-order valence-corrected chi connectivity index (χ4v) is 2.50. The summed E-state index contributed by atoms with van der Waals surface area (Å²) in [6, 6.07) is 4.23. The third-order valence-corrected chi connectivity index (χ3v) is 3.38. The van der Waals surface area contributed by atoms with E-state index in [1.165, 1.54) is 23.2 Å². The zero-order valence-electron chi connectivity index (χ0n) is 9.43. The van der Waals surface area contributed by atoms with Gasteiger partial charge in [-0.25, -0.2) is 0 Å².